The number of unbranched alkanes of at least 4 members (excludes halogenated alkanes) is 1. The molecule has 5 N–H and O–H groups in total. The van der Waals surface area contributed by atoms with Gasteiger partial charge in [0.05, 0.1) is 17.3 Å². The molecule has 5 amide bonds. The predicted octanol–water partition coefficient (Wildman–Crippen LogP) is 2.92. The lowest BCUT2D eigenvalue weighted by atomic mass is 9.70. The molecule has 13 nitrogen and oxygen atoms in total. The van der Waals surface area contributed by atoms with E-state index in [1.807, 2.05) is 13.8 Å². The van der Waals surface area contributed by atoms with E-state index in [-0.39, 0.29) is 23.7 Å². The van der Waals surface area contributed by atoms with Gasteiger partial charge in [0.15, 0.2) is 0 Å². The van der Waals surface area contributed by atoms with Gasteiger partial charge in [-0.15, -0.1) is 0 Å². The van der Waals surface area contributed by atoms with Crippen molar-refractivity contribution < 1.29 is 32.4 Å². The van der Waals surface area contributed by atoms with Gasteiger partial charge in [-0.2, -0.15) is 0 Å². The molecular formula is C35H58N6O7S. The molecule has 5 rings (SSSR count). The molecule has 1 aliphatic heterocycles. The van der Waals surface area contributed by atoms with Crippen LogP contribution in [0, 0.1) is 5.41 Å². The molecule has 0 aromatic rings. The van der Waals surface area contributed by atoms with Crippen LogP contribution in [0.3, 0.4) is 0 Å². The average Bonchev–Trinajstić information content (AvgIpc) is 4.00. The number of rotatable bonds is 16. The summed E-state index contributed by atoms with van der Waals surface area (Å²) in [6.07, 6.45) is 14.0. The second-order valence-corrected chi connectivity index (χ2v) is 17.5. The highest BCUT2D eigenvalue weighted by Crippen LogP contribution is 2.40. The maximum absolute atomic E-state index is 14.5. The number of urea groups is 1. The molecule has 3 atom stereocenters. The first-order valence-corrected chi connectivity index (χ1v) is 20.5. The lowest BCUT2D eigenvalue weighted by molar-refractivity contribution is -0.144. The van der Waals surface area contributed by atoms with Crippen molar-refractivity contribution in [2.24, 2.45) is 5.41 Å². The number of ketones is 1. The van der Waals surface area contributed by atoms with Crippen LogP contribution in [0.15, 0.2) is 0 Å². The minimum absolute atomic E-state index is 0.0153. The van der Waals surface area contributed by atoms with Crippen molar-refractivity contribution in [3.8, 4) is 0 Å². The third-order valence-electron chi connectivity index (χ3n) is 11.2. The molecule has 5 fully saturated rings. The van der Waals surface area contributed by atoms with Crippen molar-refractivity contribution in [3.63, 3.8) is 0 Å². The molecule has 1 heterocycles. The van der Waals surface area contributed by atoms with E-state index < -0.39 is 62.7 Å². The molecule has 1 saturated heterocycles. The van der Waals surface area contributed by atoms with Crippen molar-refractivity contribution in [1.29, 1.82) is 0 Å². The Morgan fingerprint density at radius 1 is 0.816 bits per heavy atom. The summed E-state index contributed by atoms with van der Waals surface area (Å²) < 4.78 is 28.9. The molecular weight excluding hydrogens is 648 g/mol. The Bertz CT molecular complexity index is 1340. The van der Waals surface area contributed by atoms with Gasteiger partial charge in [0, 0.05) is 18.6 Å². The molecule has 0 aromatic heterocycles. The highest BCUT2D eigenvalue weighted by Gasteiger charge is 2.48. The van der Waals surface area contributed by atoms with Gasteiger partial charge in [0.1, 0.15) is 12.1 Å². The van der Waals surface area contributed by atoms with Crippen LogP contribution >= 0.6 is 0 Å². The topological polar surface area (TPSA) is 183 Å². The zero-order chi connectivity index (χ0) is 35.2. The van der Waals surface area contributed by atoms with Gasteiger partial charge < -0.3 is 26.2 Å². The minimum atomic E-state index is -3.62. The quantitative estimate of drug-likeness (QED) is 0.153. The monoisotopic (exact) mass is 706 g/mol. The number of nitrogens with one attached hydrogen (secondary N) is 5. The number of carbonyl (C=O) groups is 5. The first-order valence-electron chi connectivity index (χ1n) is 18.9. The summed E-state index contributed by atoms with van der Waals surface area (Å²) in [7, 11) is -3.62. The van der Waals surface area contributed by atoms with Crippen molar-refractivity contribution in [3.05, 3.63) is 0 Å². The van der Waals surface area contributed by atoms with E-state index in [0.717, 1.165) is 83.5 Å². The largest absolute Gasteiger partial charge is 0.347 e. The summed E-state index contributed by atoms with van der Waals surface area (Å²) in [5.74, 6) is -2.37. The maximum Gasteiger partial charge on any atom is 0.315 e. The van der Waals surface area contributed by atoms with E-state index in [0.29, 0.717) is 45.1 Å². The lowest BCUT2D eigenvalue weighted by Crippen LogP contribution is -2.64. The standard InChI is InChI=1S/C35H58N6O7S/c1-3-4-12-26(28(42)31(44)36-24-14-15-24)37-30(43)27-13-11-22-41(27)32(45)29(34(2)18-7-5-8-19-34)38-33(46)39-35(20-9-6-10-21-35)23-49(47,48)40-25-16-17-25/h24-27,29,40H,3-23H2,1-2H3,(H,36,44)(H,37,43)(H2,38,39,46)/t26?,27-,29+/m0/s1. The highest BCUT2D eigenvalue weighted by atomic mass is 32.2. The van der Waals surface area contributed by atoms with Gasteiger partial charge >= 0.3 is 6.03 Å². The van der Waals surface area contributed by atoms with Crippen molar-refractivity contribution >= 4 is 39.6 Å². The van der Waals surface area contributed by atoms with E-state index in [9.17, 15) is 32.4 Å². The van der Waals surface area contributed by atoms with Crippen molar-refractivity contribution in [2.45, 2.75) is 172 Å². The summed E-state index contributed by atoms with van der Waals surface area (Å²) in [4.78, 5) is 69.4. The van der Waals surface area contributed by atoms with Gasteiger partial charge in [0.25, 0.3) is 5.91 Å². The third kappa shape index (κ3) is 10.2. The van der Waals surface area contributed by atoms with Crippen LogP contribution in [0.1, 0.15) is 136 Å². The Labute approximate surface area is 291 Å². The van der Waals surface area contributed by atoms with Crippen LogP contribution in [-0.2, 0) is 29.2 Å². The Hall–Kier alpha value is -2.74. The summed E-state index contributed by atoms with van der Waals surface area (Å²) >= 11 is 0. The van der Waals surface area contributed by atoms with E-state index in [1.165, 1.54) is 4.90 Å². The van der Waals surface area contributed by atoms with Crippen LogP contribution in [0.5, 0.6) is 0 Å². The van der Waals surface area contributed by atoms with Crippen LogP contribution in [0.2, 0.25) is 0 Å². The molecule has 0 aromatic carbocycles. The third-order valence-corrected chi connectivity index (χ3v) is 12.9. The van der Waals surface area contributed by atoms with Gasteiger partial charge in [-0.3, -0.25) is 19.2 Å². The fourth-order valence-corrected chi connectivity index (χ4v) is 9.96. The van der Waals surface area contributed by atoms with Crippen LogP contribution in [0.4, 0.5) is 4.79 Å². The molecule has 49 heavy (non-hydrogen) atoms. The lowest BCUT2D eigenvalue weighted by Gasteiger charge is -2.43. The number of sulfonamides is 1. The van der Waals surface area contributed by atoms with E-state index in [2.05, 4.69) is 26.0 Å². The Morgan fingerprint density at radius 2 is 1.45 bits per heavy atom. The zero-order valence-corrected chi connectivity index (χ0v) is 30.3. The molecule has 1 unspecified atom stereocenters. The molecule has 0 radical (unpaired) electrons. The number of carbonyl (C=O) groups excluding carboxylic acids is 5. The van der Waals surface area contributed by atoms with Crippen LogP contribution in [-0.4, -0.2) is 90.9 Å². The SMILES string of the molecule is CCCCC(NC(=O)[C@@H]1CCCN1C(=O)[C@@H](NC(=O)NC1(CS(=O)(=O)NC2CC2)CCCCC1)C1(C)CCCCC1)C(=O)C(=O)NC1CC1. The molecule has 5 aliphatic rings. The zero-order valence-electron chi connectivity index (χ0n) is 29.4. The smallest absolute Gasteiger partial charge is 0.315 e. The van der Waals surface area contributed by atoms with Gasteiger partial charge in [-0.05, 0) is 76.0 Å². The second kappa shape index (κ2) is 16.1. The minimum Gasteiger partial charge on any atom is -0.347 e. The first kappa shape index (κ1) is 37.5. The normalized spacial score (nSPS) is 24.7. The molecule has 0 bridgehead atoms. The number of Topliss-reactive ketones (excluding diaryl/α,β-unsaturated/α-hetero) is 1. The number of likely N-dealkylation sites (tertiary alicyclic amines) is 1. The van der Waals surface area contributed by atoms with Crippen molar-refractivity contribution in [2.75, 3.05) is 12.3 Å². The van der Waals surface area contributed by atoms with E-state index in [1.54, 1.807) is 0 Å². The van der Waals surface area contributed by atoms with Crippen LogP contribution in [0.25, 0.3) is 0 Å². The number of nitrogens with zero attached hydrogens (tertiary/aromatic N) is 1. The Morgan fingerprint density at radius 3 is 2.06 bits per heavy atom. The number of hydrogen-bond donors (Lipinski definition) is 5. The summed E-state index contributed by atoms with van der Waals surface area (Å²) in [5.41, 5.74) is -1.50. The first-order chi connectivity index (χ1) is 23.3. The van der Waals surface area contributed by atoms with Gasteiger partial charge in [-0.25, -0.2) is 17.9 Å². The fourth-order valence-electron chi connectivity index (χ4n) is 8.04. The van der Waals surface area contributed by atoms with E-state index >= 15 is 0 Å². The molecule has 0 spiro atoms. The Balaban J connectivity index is 1.31. The number of hydrogen-bond acceptors (Lipinski definition) is 7. The Kier molecular flexibility index (Phi) is 12.3. The van der Waals surface area contributed by atoms with Gasteiger partial charge in [0.2, 0.25) is 27.6 Å². The number of amides is 5. The van der Waals surface area contributed by atoms with E-state index in [4.69, 9.17) is 0 Å². The summed E-state index contributed by atoms with van der Waals surface area (Å²) in [5, 5.41) is 11.6. The predicted molar refractivity (Wildman–Crippen MR) is 185 cm³/mol. The maximum atomic E-state index is 14.5. The fraction of sp³-hybridized carbons (Fsp3) is 0.857. The van der Waals surface area contributed by atoms with Crippen LogP contribution < -0.4 is 26.0 Å². The van der Waals surface area contributed by atoms with Crippen molar-refractivity contribution in [1.82, 2.24) is 30.9 Å². The average molecular weight is 707 g/mol. The summed E-state index contributed by atoms with van der Waals surface area (Å²) in [6, 6.07) is -3.32. The molecule has 4 saturated carbocycles. The summed E-state index contributed by atoms with van der Waals surface area (Å²) in [6.45, 7) is 4.32. The highest BCUT2D eigenvalue weighted by molar-refractivity contribution is 7.89. The molecule has 14 heteroatoms. The second-order valence-electron chi connectivity index (χ2n) is 15.7. The molecule has 4 aliphatic carbocycles. The molecule has 276 valence electrons. The van der Waals surface area contributed by atoms with Gasteiger partial charge in [-0.1, -0.05) is 65.2 Å².